The van der Waals surface area contributed by atoms with E-state index in [-0.39, 0.29) is 12.5 Å². The molecule has 172 valence electrons. The van der Waals surface area contributed by atoms with Gasteiger partial charge in [0.15, 0.2) is 5.65 Å². The van der Waals surface area contributed by atoms with E-state index in [1.165, 1.54) is 5.56 Å². The number of rotatable bonds is 11. The molecule has 1 amide bonds. The first-order valence-corrected chi connectivity index (χ1v) is 11.8. The van der Waals surface area contributed by atoms with Crippen LogP contribution in [-0.4, -0.2) is 50.2 Å². The van der Waals surface area contributed by atoms with E-state index in [0.717, 1.165) is 66.0 Å². The first kappa shape index (κ1) is 23.9. The summed E-state index contributed by atoms with van der Waals surface area (Å²) >= 11 is 0. The fourth-order valence-corrected chi connectivity index (χ4v) is 4.22. The Kier molecular flexibility index (Phi) is 8.39. The standard InChI is InChI=1S/C26H36N4O2/c1-5-29(6-2)24(32)18-23-25(28-30-20(4)17-19(3)27-26(23)30)22-14-12-21(13-15-22)11-9-7-8-10-16-31/h12-15,17,31H,5-11,16,18H2,1-4H3. The van der Waals surface area contributed by atoms with Gasteiger partial charge in [-0.1, -0.05) is 37.1 Å². The minimum absolute atomic E-state index is 0.103. The number of carbonyl (C=O) groups is 1. The number of nitrogens with zero attached hydrogens (tertiary/aromatic N) is 4. The van der Waals surface area contributed by atoms with Crippen LogP contribution in [0.4, 0.5) is 0 Å². The third kappa shape index (κ3) is 5.54. The van der Waals surface area contributed by atoms with E-state index in [9.17, 15) is 4.79 Å². The molecule has 0 bridgehead atoms. The van der Waals surface area contributed by atoms with Gasteiger partial charge in [-0.05, 0) is 58.6 Å². The van der Waals surface area contributed by atoms with Crippen molar-refractivity contribution in [2.24, 2.45) is 0 Å². The molecule has 0 aliphatic carbocycles. The Morgan fingerprint density at radius 1 is 1.03 bits per heavy atom. The summed E-state index contributed by atoms with van der Waals surface area (Å²) in [5, 5.41) is 13.8. The number of hydrogen-bond donors (Lipinski definition) is 1. The maximum Gasteiger partial charge on any atom is 0.227 e. The van der Waals surface area contributed by atoms with Crippen LogP contribution in [0.25, 0.3) is 16.9 Å². The van der Waals surface area contributed by atoms with Gasteiger partial charge in [0.25, 0.3) is 0 Å². The molecule has 0 radical (unpaired) electrons. The molecular weight excluding hydrogens is 400 g/mol. The Balaban J connectivity index is 1.91. The fraction of sp³-hybridized carbons (Fsp3) is 0.500. The molecule has 0 saturated heterocycles. The predicted molar refractivity (Wildman–Crippen MR) is 129 cm³/mol. The van der Waals surface area contributed by atoms with Crippen LogP contribution in [0.5, 0.6) is 0 Å². The molecule has 0 spiro atoms. The maximum atomic E-state index is 13.0. The molecule has 6 heteroatoms. The smallest absolute Gasteiger partial charge is 0.227 e. The molecule has 3 aromatic rings. The average Bonchev–Trinajstić information content (AvgIpc) is 3.13. The molecule has 0 fully saturated rings. The number of hydrogen-bond acceptors (Lipinski definition) is 4. The van der Waals surface area contributed by atoms with Gasteiger partial charge in [0.05, 0.1) is 12.1 Å². The minimum atomic E-state index is 0.103. The van der Waals surface area contributed by atoms with Gasteiger partial charge in [0.2, 0.25) is 5.91 Å². The maximum absolute atomic E-state index is 13.0. The molecule has 1 aromatic carbocycles. The van der Waals surface area contributed by atoms with Crippen molar-refractivity contribution < 1.29 is 9.90 Å². The molecule has 32 heavy (non-hydrogen) atoms. The molecule has 2 heterocycles. The van der Waals surface area contributed by atoms with Crippen LogP contribution >= 0.6 is 0 Å². The van der Waals surface area contributed by atoms with Crippen molar-refractivity contribution >= 4 is 11.6 Å². The average molecular weight is 437 g/mol. The van der Waals surface area contributed by atoms with E-state index in [1.807, 2.05) is 43.2 Å². The predicted octanol–water partition coefficient (Wildman–Crippen LogP) is 4.52. The quantitative estimate of drug-likeness (QED) is 0.449. The van der Waals surface area contributed by atoms with Crippen molar-refractivity contribution in [2.45, 2.75) is 66.2 Å². The molecular formula is C26H36N4O2. The lowest BCUT2D eigenvalue weighted by atomic mass is 10.0. The van der Waals surface area contributed by atoms with Gasteiger partial charge in [0.1, 0.15) is 0 Å². The Hall–Kier alpha value is -2.73. The molecule has 1 N–H and O–H groups in total. The van der Waals surface area contributed by atoms with Gasteiger partial charge >= 0.3 is 0 Å². The molecule has 0 unspecified atom stereocenters. The number of aliphatic hydroxyl groups excluding tert-OH is 1. The summed E-state index contributed by atoms with van der Waals surface area (Å²) < 4.78 is 1.86. The number of amides is 1. The Labute approximate surface area is 191 Å². The Morgan fingerprint density at radius 3 is 2.38 bits per heavy atom. The topological polar surface area (TPSA) is 70.7 Å². The number of benzene rings is 1. The van der Waals surface area contributed by atoms with E-state index in [1.54, 1.807) is 0 Å². The zero-order valence-electron chi connectivity index (χ0n) is 19.9. The monoisotopic (exact) mass is 436 g/mol. The van der Waals surface area contributed by atoms with Gasteiger partial charge in [-0.2, -0.15) is 5.10 Å². The van der Waals surface area contributed by atoms with Crippen LogP contribution in [0.2, 0.25) is 0 Å². The molecule has 0 atom stereocenters. The summed E-state index contributed by atoms with van der Waals surface area (Å²) in [6.45, 7) is 9.69. The number of aliphatic hydroxyl groups is 1. The van der Waals surface area contributed by atoms with Gasteiger partial charge in [-0.3, -0.25) is 4.79 Å². The highest BCUT2D eigenvalue weighted by molar-refractivity contribution is 5.84. The van der Waals surface area contributed by atoms with E-state index < -0.39 is 0 Å². The number of aryl methyl sites for hydroxylation is 3. The van der Waals surface area contributed by atoms with Crippen LogP contribution in [0, 0.1) is 13.8 Å². The molecule has 0 saturated carbocycles. The first-order valence-electron chi connectivity index (χ1n) is 11.8. The largest absolute Gasteiger partial charge is 0.396 e. The van der Waals surface area contributed by atoms with Crippen LogP contribution in [0.15, 0.2) is 30.3 Å². The highest BCUT2D eigenvalue weighted by Crippen LogP contribution is 2.28. The number of unbranched alkanes of at least 4 members (excludes halogenated alkanes) is 3. The summed E-state index contributed by atoms with van der Waals surface area (Å²) in [6.07, 6.45) is 5.55. The summed E-state index contributed by atoms with van der Waals surface area (Å²) in [4.78, 5) is 19.6. The third-order valence-electron chi connectivity index (χ3n) is 6.04. The highest BCUT2D eigenvalue weighted by atomic mass is 16.2. The van der Waals surface area contributed by atoms with Crippen LogP contribution < -0.4 is 0 Å². The van der Waals surface area contributed by atoms with Crippen molar-refractivity contribution in [2.75, 3.05) is 19.7 Å². The number of aromatic nitrogens is 3. The second-order valence-corrected chi connectivity index (χ2v) is 8.43. The zero-order chi connectivity index (χ0) is 23.1. The van der Waals surface area contributed by atoms with E-state index in [2.05, 4.69) is 24.3 Å². The van der Waals surface area contributed by atoms with Crippen molar-refractivity contribution in [3.05, 3.63) is 52.8 Å². The van der Waals surface area contributed by atoms with Gasteiger partial charge < -0.3 is 10.0 Å². The number of likely N-dealkylation sites (N-methyl/N-ethyl adjacent to an activating group) is 1. The summed E-state index contributed by atoms with van der Waals surface area (Å²) in [5.41, 5.74) is 6.74. The lowest BCUT2D eigenvalue weighted by molar-refractivity contribution is -0.130. The summed E-state index contributed by atoms with van der Waals surface area (Å²) in [7, 11) is 0. The van der Waals surface area contributed by atoms with Crippen molar-refractivity contribution in [3.63, 3.8) is 0 Å². The minimum Gasteiger partial charge on any atom is -0.396 e. The lowest BCUT2D eigenvalue weighted by Crippen LogP contribution is -2.31. The summed E-state index contributed by atoms with van der Waals surface area (Å²) in [5.74, 6) is 0.103. The molecule has 3 rings (SSSR count). The fourth-order valence-electron chi connectivity index (χ4n) is 4.22. The Bertz CT molecular complexity index is 1040. The normalized spacial score (nSPS) is 11.3. The number of fused-ring (bicyclic) bond motifs is 1. The lowest BCUT2D eigenvalue weighted by Gasteiger charge is -2.18. The van der Waals surface area contributed by atoms with Crippen molar-refractivity contribution in [3.8, 4) is 11.3 Å². The second kappa shape index (κ2) is 11.2. The first-order chi connectivity index (χ1) is 15.5. The van der Waals surface area contributed by atoms with E-state index in [0.29, 0.717) is 19.5 Å². The van der Waals surface area contributed by atoms with E-state index in [4.69, 9.17) is 15.2 Å². The zero-order valence-corrected chi connectivity index (χ0v) is 19.9. The van der Waals surface area contributed by atoms with Crippen LogP contribution in [0.1, 0.15) is 62.0 Å². The van der Waals surface area contributed by atoms with Crippen molar-refractivity contribution in [1.82, 2.24) is 19.5 Å². The van der Waals surface area contributed by atoms with Crippen molar-refractivity contribution in [1.29, 1.82) is 0 Å². The molecule has 6 nitrogen and oxygen atoms in total. The SMILES string of the molecule is CCN(CC)C(=O)Cc1c(-c2ccc(CCCCCCO)cc2)nn2c(C)cc(C)nc12. The third-order valence-corrected chi connectivity index (χ3v) is 6.04. The summed E-state index contributed by atoms with van der Waals surface area (Å²) in [6, 6.07) is 10.6. The van der Waals surface area contributed by atoms with Gasteiger partial charge in [-0.15, -0.1) is 0 Å². The molecule has 0 aliphatic heterocycles. The Morgan fingerprint density at radius 2 is 1.72 bits per heavy atom. The molecule has 2 aromatic heterocycles. The van der Waals surface area contributed by atoms with Crippen LogP contribution in [0.3, 0.4) is 0 Å². The van der Waals surface area contributed by atoms with E-state index >= 15 is 0 Å². The number of carbonyl (C=O) groups excluding carboxylic acids is 1. The highest BCUT2D eigenvalue weighted by Gasteiger charge is 2.21. The van der Waals surface area contributed by atoms with Crippen LogP contribution in [-0.2, 0) is 17.6 Å². The second-order valence-electron chi connectivity index (χ2n) is 8.43. The molecule has 0 aliphatic rings. The van der Waals surface area contributed by atoms with Gasteiger partial charge in [0, 0.05) is 42.2 Å². The van der Waals surface area contributed by atoms with Gasteiger partial charge in [-0.25, -0.2) is 9.50 Å².